The number of benzene rings is 1. The topological polar surface area (TPSA) is 91.2 Å². The molecule has 8 nitrogen and oxygen atoms in total. The van der Waals surface area contributed by atoms with Crippen molar-refractivity contribution < 1.29 is 14.3 Å². The summed E-state index contributed by atoms with van der Waals surface area (Å²) in [6.45, 7) is 0. The maximum Gasteiger partial charge on any atom is 0.270 e. The molecule has 1 N–H and O–H groups in total. The van der Waals surface area contributed by atoms with Gasteiger partial charge < -0.3 is 9.47 Å². The first-order valence-electron chi connectivity index (χ1n) is 5.41. The number of anilines is 1. The van der Waals surface area contributed by atoms with Gasteiger partial charge in [-0.3, -0.25) is 10.1 Å². The van der Waals surface area contributed by atoms with Crippen molar-refractivity contribution in [1.82, 2.24) is 20.2 Å². The van der Waals surface area contributed by atoms with E-state index in [1.807, 2.05) is 0 Å². The molecule has 1 aromatic heterocycles. The van der Waals surface area contributed by atoms with Crippen LogP contribution >= 0.6 is 0 Å². The second-order valence-corrected chi connectivity index (χ2v) is 3.62. The third kappa shape index (κ3) is 2.79. The van der Waals surface area contributed by atoms with Crippen molar-refractivity contribution >= 4 is 11.9 Å². The van der Waals surface area contributed by atoms with Gasteiger partial charge in [0.1, 0.15) is 11.5 Å². The SMILES string of the molecule is COc1ccc(OC)c(C(=O)Nc2nnn(C)n2)c1. The number of ether oxygens (including phenoxy) is 2. The molecule has 0 bridgehead atoms. The number of tetrazole rings is 1. The Bertz CT molecular complexity index is 596. The van der Waals surface area contributed by atoms with Gasteiger partial charge in [-0.05, 0) is 23.4 Å². The van der Waals surface area contributed by atoms with Crippen molar-refractivity contribution in [1.29, 1.82) is 0 Å². The zero-order chi connectivity index (χ0) is 13.8. The fraction of sp³-hybridized carbons (Fsp3) is 0.273. The standard InChI is InChI=1S/C11H13N5O3/c1-16-14-11(13-15-16)12-10(17)8-6-7(18-2)4-5-9(8)19-3/h4-6H,1-3H3,(H,12,14,17). The van der Waals surface area contributed by atoms with Gasteiger partial charge in [0.05, 0.1) is 26.8 Å². The number of aryl methyl sites for hydroxylation is 1. The number of nitrogens with zero attached hydrogens (tertiary/aromatic N) is 4. The predicted molar refractivity (Wildman–Crippen MR) is 66.3 cm³/mol. The molecule has 100 valence electrons. The molecule has 0 radical (unpaired) electrons. The second-order valence-electron chi connectivity index (χ2n) is 3.62. The minimum Gasteiger partial charge on any atom is -0.497 e. The van der Waals surface area contributed by atoms with Crippen LogP contribution in [0.2, 0.25) is 0 Å². The molecule has 0 saturated heterocycles. The van der Waals surface area contributed by atoms with Gasteiger partial charge >= 0.3 is 0 Å². The number of carbonyl (C=O) groups is 1. The Balaban J connectivity index is 2.26. The third-order valence-electron chi connectivity index (χ3n) is 2.38. The summed E-state index contributed by atoms with van der Waals surface area (Å²) in [7, 11) is 4.61. The fourth-order valence-electron chi connectivity index (χ4n) is 1.49. The smallest absolute Gasteiger partial charge is 0.270 e. The number of hydrogen-bond donors (Lipinski definition) is 1. The summed E-state index contributed by atoms with van der Waals surface area (Å²) in [5.41, 5.74) is 0.328. The molecular weight excluding hydrogens is 250 g/mol. The van der Waals surface area contributed by atoms with Crippen LogP contribution in [0.5, 0.6) is 11.5 Å². The number of carbonyl (C=O) groups excluding carboxylic acids is 1. The Hall–Kier alpha value is -2.64. The summed E-state index contributed by atoms with van der Waals surface area (Å²) in [5.74, 6) is 0.710. The first-order valence-corrected chi connectivity index (χ1v) is 5.41. The van der Waals surface area contributed by atoms with Gasteiger partial charge in [0, 0.05) is 0 Å². The molecular formula is C11H13N5O3. The van der Waals surface area contributed by atoms with Gasteiger partial charge in [-0.2, -0.15) is 4.80 Å². The van der Waals surface area contributed by atoms with E-state index in [1.165, 1.54) is 19.0 Å². The fourth-order valence-corrected chi connectivity index (χ4v) is 1.49. The average Bonchev–Trinajstić information content (AvgIpc) is 2.83. The molecule has 0 spiro atoms. The quantitative estimate of drug-likeness (QED) is 0.862. The number of methoxy groups -OCH3 is 2. The first-order chi connectivity index (χ1) is 9.13. The Labute approximate surface area is 109 Å². The zero-order valence-corrected chi connectivity index (χ0v) is 10.7. The summed E-state index contributed by atoms with van der Waals surface area (Å²) >= 11 is 0. The summed E-state index contributed by atoms with van der Waals surface area (Å²) in [5, 5.41) is 13.7. The molecule has 0 aliphatic rings. The second kappa shape index (κ2) is 5.34. The maximum atomic E-state index is 12.1. The molecule has 0 aliphatic carbocycles. The van der Waals surface area contributed by atoms with E-state index in [0.29, 0.717) is 17.1 Å². The normalized spacial score (nSPS) is 10.1. The summed E-state index contributed by atoms with van der Waals surface area (Å²) in [6.07, 6.45) is 0. The molecule has 1 aromatic carbocycles. The van der Waals surface area contributed by atoms with Crippen LogP contribution in [0.4, 0.5) is 5.95 Å². The number of aromatic nitrogens is 4. The lowest BCUT2D eigenvalue weighted by Crippen LogP contribution is -2.14. The summed E-state index contributed by atoms with van der Waals surface area (Å²) in [6, 6.07) is 4.93. The molecule has 0 atom stereocenters. The number of rotatable bonds is 4. The summed E-state index contributed by atoms with van der Waals surface area (Å²) in [4.78, 5) is 13.4. The van der Waals surface area contributed by atoms with Crippen LogP contribution in [0.15, 0.2) is 18.2 Å². The number of amides is 1. The van der Waals surface area contributed by atoms with Crippen LogP contribution in [0.1, 0.15) is 10.4 Å². The van der Waals surface area contributed by atoms with Crippen LogP contribution in [-0.4, -0.2) is 40.3 Å². The largest absolute Gasteiger partial charge is 0.497 e. The van der Waals surface area contributed by atoms with E-state index in [1.54, 1.807) is 25.2 Å². The van der Waals surface area contributed by atoms with Crippen LogP contribution in [0, 0.1) is 0 Å². The van der Waals surface area contributed by atoms with Gasteiger partial charge in [-0.1, -0.05) is 5.10 Å². The van der Waals surface area contributed by atoms with Crippen molar-refractivity contribution in [3.05, 3.63) is 23.8 Å². The van der Waals surface area contributed by atoms with E-state index < -0.39 is 5.91 Å². The minimum absolute atomic E-state index is 0.123. The lowest BCUT2D eigenvalue weighted by atomic mass is 10.1. The van der Waals surface area contributed by atoms with Crippen molar-refractivity contribution in [3.63, 3.8) is 0 Å². The minimum atomic E-state index is -0.399. The highest BCUT2D eigenvalue weighted by Crippen LogP contribution is 2.24. The monoisotopic (exact) mass is 263 g/mol. The molecule has 1 heterocycles. The maximum absolute atomic E-state index is 12.1. The van der Waals surface area contributed by atoms with Gasteiger partial charge in [-0.15, -0.1) is 5.10 Å². The molecule has 19 heavy (non-hydrogen) atoms. The van der Waals surface area contributed by atoms with Crippen molar-refractivity contribution in [2.24, 2.45) is 7.05 Å². The predicted octanol–water partition coefficient (Wildman–Crippen LogP) is 0.480. The highest BCUT2D eigenvalue weighted by atomic mass is 16.5. The highest BCUT2D eigenvalue weighted by Gasteiger charge is 2.15. The number of hydrogen-bond acceptors (Lipinski definition) is 6. The lowest BCUT2D eigenvalue weighted by Gasteiger charge is -2.09. The molecule has 2 rings (SSSR count). The Morgan fingerprint density at radius 1 is 1.32 bits per heavy atom. The summed E-state index contributed by atoms with van der Waals surface area (Å²) < 4.78 is 10.2. The van der Waals surface area contributed by atoms with Crippen LogP contribution in [0.3, 0.4) is 0 Å². The molecule has 0 fully saturated rings. The molecule has 0 saturated carbocycles. The Kier molecular flexibility index (Phi) is 3.60. The molecule has 8 heteroatoms. The van der Waals surface area contributed by atoms with Crippen molar-refractivity contribution in [2.75, 3.05) is 19.5 Å². The lowest BCUT2D eigenvalue weighted by molar-refractivity contribution is 0.102. The van der Waals surface area contributed by atoms with Gasteiger partial charge in [-0.25, -0.2) is 0 Å². The van der Waals surface area contributed by atoms with Crippen LogP contribution in [-0.2, 0) is 7.05 Å². The molecule has 2 aromatic rings. The highest BCUT2D eigenvalue weighted by molar-refractivity contribution is 6.05. The first kappa shape index (κ1) is 12.8. The van der Waals surface area contributed by atoms with E-state index in [2.05, 4.69) is 20.7 Å². The zero-order valence-electron chi connectivity index (χ0n) is 10.7. The molecule has 0 unspecified atom stereocenters. The van der Waals surface area contributed by atoms with E-state index >= 15 is 0 Å². The van der Waals surface area contributed by atoms with Gasteiger partial charge in [0.2, 0.25) is 0 Å². The average molecular weight is 263 g/mol. The van der Waals surface area contributed by atoms with E-state index in [-0.39, 0.29) is 5.95 Å². The number of nitrogens with one attached hydrogen (secondary N) is 1. The van der Waals surface area contributed by atoms with Crippen molar-refractivity contribution in [2.45, 2.75) is 0 Å². The molecule has 1 amide bonds. The Morgan fingerprint density at radius 3 is 2.68 bits per heavy atom. The van der Waals surface area contributed by atoms with Crippen LogP contribution in [0.25, 0.3) is 0 Å². The van der Waals surface area contributed by atoms with Gasteiger partial charge in [0.25, 0.3) is 11.9 Å². The Morgan fingerprint density at radius 2 is 2.11 bits per heavy atom. The van der Waals surface area contributed by atoms with Crippen LogP contribution < -0.4 is 14.8 Å². The van der Waals surface area contributed by atoms with E-state index in [4.69, 9.17) is 9.47 Å². The van der Waals surface area contributed by atoms with Crippen molar-refractivity contribution in [3.8, 4) is 11.5 Å². The van der Waals surface area contributed by atoms with E-state index in [9.17, 15) is 4.79 Å². The molecule has 0 aliphatic heterocycles. The van der Waals surface area contributed by atoms with Gasteiger partial charge in [0.15, 0.2) is 0 Å². The van der Waals surface area contributed by atoms with E-state index in [0.717, 1.165) is 0 Å². The third-order valence-corrected chi connectivity index (χ3v) is 2.38.